The van der Waals surface area contributed by atoms with Crippen LogP contribution in [0.2, 0.25) is 0 Å². The first-order chi connectivity index (χ1) is 21.6. The van der Waals surface area contributed by atoms with Gasteiger partial charge in [-0.05, 0) is 79.5 Å². The monoisotopic (exact) mass is 628 g/mol. The number of benzene rings is 3. The minimum Gasteiger partial charge on any atom is -0.464 e. The highest BCUT2D eigenvalue weighted by molar-refractivity contribution is 7.98. The van der Waals surface area contributed by atoms with E-state index in [4.69, 9.17) is 4.74 Å². The van der Waals surface area contributed by atoms with Crippen LogP contribution in [0.3, 0.4) is 0 Å². The number of hydrogen-bond acceptors (Lipinski definition) is 7. The van der Waals surface area contributed by atoms with E-state index in [0.717, 1.165) is 32.8 Å². The number of ether oxygens (including phenoxy) is 1. The number of nitrogens with one attached hydrogen (secondary N) is 3. The lowest BCUT2D eigenvalue weighted by molar-refractivity contribution is -0.143. The van der Waals surface area contributed by atoms with Gasteiger partial charge in [0, 0.05) is 41.2 Å². The summed E-state index contributed by atoms with van der Waals surface area (Å²) in [7, 11) is 0. The van der Waals surface area contributed by atoms with Crippen LogP contribution in [-0.4, -0.2) is 61.2 Å². The van der Waals surface area contributed by atoms with Crippen molar-refractivity contribution in [1.82, 2.24) is 16.0 Å². The van der Waals surface area contributed by atoms with E-state index in [-0.39, 0.29) is 43.7 Å². The van der Waals surface area contributed by atoms with Crippen molar-refractivity contribution in [3.63, 3.8) is 0 Å². The number of fused-ring (bicyclic) bond motifs is 15. The van der Waals surface area contributed by atoms with Crippen LogP contribution in [0.25, 0.3) is 11.1 Å². The summed E-state index contributed by atoms with van der Waals surface area (Å²) >= 11 is 1.65. The van der Waals surface area contributed by atoms with Gasteiger partial charge in [0.05, 0.1) is 13.0 Å². The first-order valence-corrected chi connectivity index (χ1v) is 16.5. The highest BCUT2D eigenvalue weighted by atomic mass is 32.2. The minimum absolute atomic E-state index is 0.0437. The molecule has 0 saturated heterocycles. The summed E-state index contributed by atoms with van der Waals surface area (Å²) in [5.41, 5.74) is 4.36. The van der Waals surface area contributed by atoms with Crippen molar-refractivity contribution in [3.8, 4) is 11.1 Å². The lowest BCUT2D eigenvalue weighted by atomic mass is 9.98. The fraction of sp³-hybridized carbons (Fsp3) is 0.371. The third-order valence-electron chi connectivity index (χ3n) is 8.14. The summed E-state index contributed by atoms with van der Waals surface area (Å²) in [5.74, 6) is -1.07. The maximum Gasteiger partial charge on any atom is 0.307 e. The SMILES string of the molecule is CSc1ccc2c(c1)CC[C@H]1NC(=O)CC(C)(C)NCCOC(=O)CCNC(=O)c3ccccc3-c3ccc(cc3)CN2C1=O. The molecule has 0 saturated carbocycles. The molecule has 0 aromatic heterocycles. The molecule has 236 valence electrons. The van der Waals surface area contributed by atoms with E-state index in [1.807, 2.05) is 74.7 Å². The van der Waals surface area contributed by atoms with Gasteiger partial charge in [-0.25, -0.2) is 0 Å². The Morgan fingerprint density at radius 2 is 1.67 bits per heavy atom. The van der Waals surface area contributed by atoms with Gasteiger partial charge >= 0.3 is 5.97 Å². The van der Waals surface area contributed by atoms with E-state index < -0.39 is 17.6 Å². The zero-order chi connectivity index (χ0) is 32.0. The van der Waals surface area contributed by atoms with Crippen molar-refractivity contribution >= 4 is 41.1 Å². The van der Waals surface area contributed by atoms with Gasteiger partial charge in [0.15, 0.2) is 0 Å². The van der Waals surface area contributed by atoms with Gasteiger partial charge < -0.3 is 25.6 Å². The van der Waals surface area contributed by atoms with E-state index in [1.54, 1.807) is 22.7 Å². The number of rotatable bonds is 1. The highest BCUT2D eigenvalue weighted by Gasteiger charge is 2.33. The number of anilines is 1. The summed E-state index contributed by atoms with van der Waals surface area (Å²) in [6.07, 6.45) is 3.36. The van der Waals surface area contributed by atoms with Crippen LogP contribution in [0.1, 0.15) is 54.6 Å². The fourth-order valence-electron chi connectivity index (χ4n) is 5.79. The Labute approximate surface area is 268 Å². The number of thioether (sulfide) groups is 1. The zero-order valence-corrected chi connectivity index (χ0v) is 26.8. The van der Waals surface area contributed by atoms with Crippen LogP contribution in [0.5, 0.6) is 0 Å². The molecule has 3 heterocycles. The lowest BCUT2D eigenvalue weighted by Crippen LogP contribution is -2.51. The summed E-state index contributed by atoms with van der Waals surface area (Å²) in [6.45, 7) is 4.76. The van der Waals surface area contributed by atoms with E-state index in [9.17, 15) is 19.2 Å². The summed E-state index contributed by atoms with van der Waals surface area (Å²) in [4.78, 5) is 55.6. The normalized spacial score (nSPS) is 19.8. The maximum absolute atomic E-state index is 14.1. The largest absolute Gasteiger partial charge is 0.464 e. The molecule has 3 aliphatic heterocycles. The number of amides is 3. The van der Waals surface area contributed by atoms with Crippen molar-refractivity contribution in [2.24, 2.45) is 0 Å². The Morgan fingerprint density at radius 3 is 2.42 bits per heavy atom. The van der Waals surface area contributed by atoms with Gasteiger partial charge in [-0.1, -0.05) is 42.5 Å². The number of esters is 1. The Bertz CT molecular complexity index is 1570. The van der Waals surface area contributed by atoms with E-state index in [2.05, 4.69) is 22.0 Å². The van der Waals surface area contributed by atoms with Gasteiger partial charge in [0.2, 0.25) is 11.8 Å². The Balaban J connectivity index is 1.48. The number of nitrogens with zero attached hydrogens (tertiary/aromatic N) is 1. The average molecular weight is 629 g/mol. The zero-order valence-electron chi connectivity index (χ0n) is 26.0. The molecule has 3 aliphatic rings. The Hall–Kier alpha value is -4.15. The molecule has 0 unspecified atom stereocenters. The first kappa shape index (κ1) is 32.2. The van der Waals surface area contributed by atoms with E-state index in [1.165, 1.54) is 0 Å². The highest BCUT2D eigenvalue weighted by Crippen LogP contribution is 2.33. The topological polar surface area (TPSA) is 117 Å². The molecule has 0 aliphatic carbocycles. The molecule has 3 aromatic rings. The van der Waals surface area contributed by atoms with Crippen LogP contribution < -0.4 is 20.9 Å². The van der Waals surface area contributed by atoms with Crippen LogP contribution in [0.15, 0.2) is 71.6 Å². The average Bonchev–Trinajstić information content (AvgIpc) is 3.14. The number of aryl methyl sites for hydroxylation is 1. The molecule has 4 bridgehead atoms. The molecule has 0 radical (unpaired) electrons. The van der Waals surface area contributed by atoms with Crippen LogP contribution in [-0.2, 0) is 32.1 Å². The molecule has 3 amide bonds. The molecule has 0 fully saturated rings. The fourth-order valence-corrected chi connectivity index (χ4v) is 6.26. The van der Waals surface area contributed by atoms with Gasteiger partial charge in [0.25, 0.3) is 5.91 Å². The second-order valence-electron chi connectivity index (χ2n) is 12.0. The smallest absolute Gasteiger partial charge is 0.307 e. The molecule has 10 heteroatoms. The summed E-state index contributed by atoms with van der Waals surface area (Å²) < 4.78 is 5.33. The number of carbonyl (C=O) groups is 4. The Morgan fingerprint density at radius 1 is 0.911 bits per heavy atom. The summed E-state index contributed by atoms with van der Waals surface area (Å²) in [5, 5.41) is 9.12. The number of hydrogen-bond donors (Lipinski definition) is 3. The molecular weight excluding hydrogens is 588 g/mol. The molecule has 9 nitrogen and oxygen atoms in total. The molecule has 45 heavy (non-hydrogen) atoms. The van der Waals surface area contributed by atoms with Gasteiger partial charge in [-0.15, -0.1) is 11.8 Å². The second kappa shape index (κ2) is 14.3. The quantitative estimate of drug-likeness (QED) is 0.269. The predicted molar refractivity (Wildman–Crippen MR) is 176 cm³/mol. The van der Waals surface area contributed by atoms with Crippen LogP contribution in [0, 0.1) is 0 Å². The molecule has 1 atom stereocenters. The van der Waals surface area contributed by atoms with E-state index >= 15 is 0 Å². The third-order valence-corrected chi connectivity index (χ3v) is 8.87. The number of carbonyl (C=O) groups excluding carboxylic acids is 4. The second-order valence-corrected chi connectivity index (χ2v) is 12.9. The van der Waals surface area contributed by atoms with Crippen LogP contribution >= 0.6 is 11.8 Å². The van der Waals surface area contributed by atoms with Gasteiger partial charge in [0.1, 0.15) is 12.6 Å². The molecule has 6 rings (SSSR count). The van der Waals surface area contributed by atoms with Gasteiger partial charge in [-0.3, -0.25) is 19.2 Å². The predicted octanol–water partition coefficient (Wildman–Crippen LogP) is 4.47. The summed E-state index contributed by atoms with van der Waals surface area (Å²) in [6, 6.07) is 20.6. The van der Waals surface area contributed by atoms with Crippen molar-refractivity contribution in [2.45, 2.75) is 62.6 Å². The van der Waals surface area contributed by atoms with E-state index in [0.29, 0.717) is 31.5 Å². The Kier molecular flexibility index (Phi) is 10.2. The molecule has 3 N–H and O–H groups in total. The first-order valence-electron chi connectivity index (χ1n) is 15.3. The standard InChI is InChI=1S/C35H40N4O5S/c1-35(2)21-31(40)38-29-14-12-25-20-26(45-3)13-15-30(25)39(34(29)43)22-23-8-10-24(11-9-23)27-6-4-5-7-28(27)33(42)36-17-16-32(41)44-19-18-37-35/h4-11,13,15,20,29,37H,12,14,16-19,21-22H2,1-3H3,(H,36,42)(H,38,40)/t29-/m1/s1. The van der Waals surface area contributed by atoms with Gasteiger partial charge in [-0.2, -0.15) is 0 Å². The van der Waals surface area contributed by atoms with Crippen molar-refractivity contribution in [3.05, 3.63) is 83.4 Å². The lowest BCUT2D eigenvalue weighted by Gasteiger charge is -2.29. The van der Waals surface area contributed by atoms with Crippen molar-refractivity contribution < 1.29 is 23.9 Å². The van der Waals surface area contributed by atoms with Crippen molar-refractivity contribution in [2.75, 3.05) is 30.9 Å². The molecular formula is C35H40N4O5S. The van der Waals surface area contributed by atoms with Crippen LogP contribution in [0.4, 0.5) is 5.69 Å². The maximum atomic E-state index is 14.1. The molecule has 0 spiro atoms. The minimum atomic E-state index is -0.675. The van der Waals surface area contributed by atoms with Crippen molar-refractivity contribution in [1.29, 1.82) is 0 Å². The molecule has 3 aromatic carbocycles. The third kappa shape index (κ3) is 8.12.